The van der Waals surface area contributed by atoms with Gasteiger partial charge in [-0.05, 0) is 43.0 Å². The molecule has 1 aromatic carbocycles. The molecule has 100 valence electrons. The number of hydrogen-bond acceptors (Lipinski definition) is 3. The van der Waals surface area contributed by atoms with Crippen molar-refractivity contribution in [1.29, 1.82) is 0 Å². The van der Waals surface area contributed by atoms with E-state index in [0.29, 0.717) is 6.04 Å². The molecule has 1 aliphatic rings. The van der Waals surface area contributed by atoms with Gasteiger partial charge in [0.15, 0.2) is 0 Å². The van der Waals surface area contributed by atoms with Crippen LogP contribution >= 0.6 is 15.9 Å². The highest BCUT2D eigenvalue weighted by Crippen LogP contribution is 2.34. The Balaban J connectivity index is 1.78. The molecule has 1 N–H and O–H groups in total. The van der Waals surface area contributed by atoms with Gasteiger partial charge in [0.2, 0.25) is 0 Å². The van der Waals surface area contributed by atoms with Gasteiger partial charge >= 0.3 is 0 Å². The number of benzene rings is 1. The first-order valence-corrected chi connectivity index (χ1v) is 7.32. The molecule has 0 radical (unpaired) electrons. The average molecular weight is 321 g/mol. The smallest absolute Gasteiger partial charge is 0.149 e. The fourth-order valence-corrected chi connectivity index (χ4v) is 3.23. The molecule has 0 saturated heterocycles. The van der Waals surface area contributed by atoms with Gasteiger partial charge in [0, 0.05) is 17.6 Å². The Morgan fingerprint density at radius 1 is 1.47 bits per heavy atom. The van der Waals surface area contributed by atoms with Crippen LogP contribution in [0, 0.1) is 0 Å². The van der Waals surface area contributed by atoms with Gasteiger partial charge in [-0.2, -0.15) is 0 Å². The summed E-state index contributed by atoms with van der Waals surface area (Å²) in [4.78, 5) is 0. The van der Waals surface area contributed by atoms with Crippen molar-refractivity contribution in [2.45, 2.75) is 31.8 Å². The third-order valence-electron chi connectivity index (χ3n) is 3.77. The Labute approximate surface area is 121 Å². The molecule has 1 aliphatic carbocycles. The molecule has 2 unspecified atom stereocenters. The second-order valence-corrected chi connectivity index (χ2v) is 6.04. The van der Waals surface area contributed by atoms with E-state index >= 15 is 0 Å². The summed E-state index contributed by atoms with van der Waals surface area (Å²) < 4.78 is 3.13. The highest BCUT2D eigenvalue weighted by molar-refractivity contribution is 9.10. The minimum atomic E-state index is 0.201. The van der Waals surface area contributed by atoms with Crippen molar-refractivity contribution in [2.75, 3.05) is 0 Å². The summed E-state index contributed by atoms with van der Waals surface area (Å²) >= 11 is 3.53. The van der Waals surface area contributed by atoms with Crippen LogP contribution in [0.5, 0.6) is 0 Å². The van der Waals surface area contributed by atoms with E-state index in [1.54, 1.807) is 6.33 Å². The minimum absolute atomic E-state index is 0.201. The average Bonchev–Trinajstić information content (AvgIpc) is 2.96. The summed E-state index contributed by atoms with van der Waals surface area (Å²) in [6, 6.07) is 7.17. The summed E-state index contributed by atoms with van der Waals surface area (Å²) in [5.41, 5.74) is 2.86. The lowest BCUT2D eigenvalue weighted by atomic mass is 10.1. The molecule has 1 heterocycles. The number of halogens is 1. The first kappa shape index (κ1) is 12.8. The highest BCUT2D eigenvalue weighted by atomic mass is 79.9. The zero-order valence-corrected chi connectivity index (χ0v) is 12.7. The SMILES string of the molecule is CC(NC1CCc2cc(Br)ccc21)c1nncn1C. The van der Waals surface area contributed by atoms with Crippen LogP contribution in [-0.4, -0.2) is 14.8 Å². The quantitative estimate of drug-likeness (QED) is 0.945. The van der Waals surface area contributed by atoms with E-state index in [1.165, 1.54) is 11.1 Å². The Kier molecular flexibility index (Phi) is 3.41. The van der Waals surface area contributed by atoms with E-state index in [9.17, 15) is 0 Å². The maximum atomic E-state index is 4.17. The molecule has 19 heavy (non-hydrogen) atoms. The lowest BCUT2D eigenvalue weighted by molar-refractivity contribution is 0.442. The number of hydrogen-bond donors (Lipinski definition) is 1. The molecule has 5 heteroatoms. The van der Waals surface area contributed by atoms with Crippen LogP contribution < -0.4 is 5.32 Å². The van der Waals surface area contributed by atoms with Crippen molar-refractivity contribution < 1.29 is 0 Å². The van der Waals surface area contributed by atoms with Crippen LogP contribution in [0.4, 0.5) is 0 Å². The highest BCUT2D eigenvalue weighted by Gasteiger charge is 2.25. The summed E-state index contributed by atoms with van der Waals surface area (Å²) in [6.45, 7) is 2.14. The van der Waals surface area contributed by atoms with Crippen LogP contribution in [0.2, 0.25) is 0 Å². The van der Waals surface area contributed by atoms with E-state index in [-0.39, 0.29) is 6.04 Å². The molecule has 0 amide bonds. The zero-order chi connectivity index (χ0) is 13.4. The normalized spacial score (nSPS) is 19.4. The van der Waals surface area contributed by atoms with Crippen molar-refractivity contribution in [2.24, 2.45) is 7.05 Å². The standard InChI is InChI=1S/C14H17BrN4/c1-9(14-18-16-8-19(14)2)17-13-6-3-10-7-11(15)4-5-12(10)13/h4-5,7-9,13,17H,3,6H2,1-2H3. The number of nitrogens with one attached hydrogen (secondary N) is 1. The third kappa shape index (κ3) is 2.44. The van der Waals surface area contributed by atoms with Gasteiger partial charge in [0.1, 0.15) is 12.2 Å². The Hall–Kier alpha value is -1.20. The van der Waals surface area contributed by atoms with Crippen LogP contribution in [-0.2, 0) is 13.5 Å². The number of aromatic nitrogens is 3. The van der Waals surface area contributed by atoms with Gasteiger partial charge in [0.25, 0.3) is 0 Å². The van der Waals surface area contributed by atoms with Gasteiger partial charge in [-0.3, -0.25) is 0 Å². The fraction of sp³-hybridized carbons (Fsp3) is 0.429. The molecular formula is C14H17BrN4. The molecule has 0 saturated carbocycles. The Morgan fingerprint density at radius 2 is 2.32 bits per heavy atom. The lowest BCUT2D eigenvalue weighted by Gasteiger charge is -2.19. The number of aryl methyl sites for hydroxylation is 2. The van der Waals surface area contributed by atoms with Crippen LogP contribution in [0.1, 0.15) is 42.4 Å². The second-order valence-electron chi connectivity index (χ2n) is 5.12. The van der Waals surface area contributed by atoms with E-state index in [2.05, 4.69) is 56.6 Å². The van der Waals surface area contributed by atoms with E-state index in [0.717, 1.165) is 23.1 Å². The predicted molar refractivity (Wildman–Crippen MR) is 77.8 cm³/mol. The summed E-state index contributed by atoms with van der Waals surface area (Å²) in [6.07, 6.45) is 4.03. The number of nitrogens with zero attached hydrogens (tertiary/aromatic N) is 3. The van der Waals surface area contributed by atoms with Gasteiger partial charge in [-0.15, -0.1) is 10.2 Å². The molecule has 2 atom stereocenters. The Bertz CT molecular complexity index is 593. The second kappa shape index (κ2) is 5.06. The molecule has 0 bridgehead atoms. The molecular weight excluding hydrogens is 304 g/mol. The maximum absolute atomic E-state index is 4.17. The van der Waals surface area contributed by atoms with Crippen LogP contribution in [0.15, 0.2) is 29.0 Å². The fourth-order valence-electron chi connectivity index (χ4n) is 2.82. The van der Waals surface area contributed by atoms with Gasteiger partial charge < -0.3 is 9.88 Å². The third-order valence-corrected chi connectivity index (χ3v) is 4.26. The molecule has 2 aromatic rings. The summed E-state index contributed by atoms with van der Waals surface area (Å²) in [7, 11) is 1.98. The Morgan fingerprint density at radius 3 is 3.05 bits per heavy atom. The topological polar surface area (TPSA) is 42.7 Å². The van der Waals surface area contributed by atoms with Crippen molar-refractivity contribution >= 4 is 15.9 Å². The van der Waals surface area contributed by atoms with Crippen LogP contribution in [0.25, 0.3) is 0 Å². The predicted octanol–water partition coefficient (Wildman–Crippen LogP) is 2.92. The van der Waals surface area contributed by atoms with Crippen molar-refractivity contribution in [1.82, 2.24) is 20.1 Å². The minimum Gasteiger partial charge on any atom is -0.319 e. The van der Waals surface area contributed by atoms with Crippen molar-refractivity contribution in [3.63, 3.8) is 0 Å². The van der Waals surface area contributed by atoms with Crippen molar-refractivity contribution in [3.05, 3.63) is 46.0 Å². The summed E-state index contributed by atoms with van der Waals surface area (Å²) in [5, 5.41) is 11.8. The van der Waals surface area contributed by atoms with Crippen LogP contribution in [0.3, 0.4) is 0 Å². The first-order chi connectivity index (χ1) is 9.15. The van der Waals surface area contributed by atoms with E-state index < -0.39 is 0 Å². The van der Waals surface area contributed by atoms with E-state index in [4.69, 9.17) is 0 Å². The summed E-state index contributed by atoms with van der Waals surface area (Å²) in [5.74, 6) is 0.977. The molecule has 0 aliphatic heterocycles. The lowest BCUT2D eigenvalue weighted by Crippen LogP contribution is -2.25. The molecule has 0 spiro atoms. The molecule has 3 rings (SSSR count). The van der Waals surface area contributed by atoms with Gasteiger partial charge in [-0.25, -0.2) is 0 Å². The zero-order valence-electron chi connectivity index (χ0n) is 11.1. The van der Waals surface area contributed by atoms with E-state index in [1.807, 2.05) is 11.6 Å². The number of rotatable bonds is 3. The van der Waals surface area contributed by atoms with Gasteiger partial charge in [0.05, 0.1) is 6.04 Å². The largest absolute Gasteiger partial charge is 0.319 e. The first-order valence-electron chi connectivity index (χ1n) is 6.53. The molecule has 0 fully saturated rings. The maximum Gasteiger partial charge on any atom is 0.149 e. The monoisotopic (exact) mass is 320 g/mol. The van der Waals surface area contributed by atoms with Crippen molar-refractivity contribution in [3.8, 4) is 0 Å². The molecule has 4 nitrogen and oxygen atoms in total. The van der Waals surface area contributed by atoms with Gasteiger partial charge in [-0.1, -0.05) is 22.0 Å². The number of fused-ring (bicyclic) bond motifs is 1. The molecule has 1 aromatic heterocycles.